The molecule has 1 aliphatic rings. The van der Waals surface area contributed by atoms with Gasteiger partial charge in [-0.15, -0.1) is 0 Å². The van der Waals surface area contributed by atoms with Gasteiger partial charge in [-0.1, -0.05) is 25.0 Å². The number of carbonyl (C=O) groups excluding carboxylic acids is 2. The number of benzene rings is 2. The number of anilines is 2. The minimum Gasteiger partial charge on any atom is -0.372 e. The third kappa shape index (κ3) is 6.54. The van der Waals surface area contributed by atoms with E-state index in [2.05, 4.69) is 39.8 Å². The van der Waals surface area contributed by atoms with Crippen molar-refractivity contribution in [1.82, 2.24) is 5.32 Å². The summed E-state index contributed by atoms with van der Waals surface area (Å²) in [5.41, 5.74) is 3.29. The summed E-state index contributed by atoms with van der Waals surface area (Å²) in [5, 5.41) is 15.9. The molecule has 2 aromatic carbocycles. The zero-order chi connectivity index (χ0) is 22.9. The van der Waals surface area contributed by atoms with Gasteiger partial charge in [-0.25, -0.2) is 0 Å². The van der Waals surface area contributed by atoms with Crippen LogP contribution in [0.5, 0.6) is 0 Å². The van der Waals surface area contributed by atoms with Crippen LogP contribution < -0.4 is 15.5 Å². The predicted molar refractivity (Wildman–Crippen MR) is 125 cm³/mol. The standard InChI is InChI=1S/C24H30N4O4/c1-18-17-21(28(31)32)12-13-22(18)26-24(30)23(29)25-14-6-7-19-8-10-20(11-9-19)27-15-4-2-3-5-16-27/h8-13,17H,2-7,14-16H2,1H3,(H,25,29)(H,26,30). The number of carbonyl (C=O) groups is 2. The maximum absolute atomic E-state index is 12.1. The zero-order valence-electron chi connectivity index (χ0n) is 18.4. The second kappa shape index (κ2) is 11.3. The number of rotatable bonds is 7. The van der Waals surface area contributed by atoms with E-state index in [0.717, 1.165) is 25.9 Å². The Morgan fingerprint density at radius 3 is 2.31 bits per heavy atom. The predicted octanol–water partition coefficient (Wildman–Crippen LogP) is 3.97. The third-order valence-electron chi connectivity index (χ3n) is 5.71. The number of nitrogens with one attached hydrogen (secondary N) is 2. The molecule has 0 radical (unpaired) electrons. The van der Waals surface area contributed by atoms with Crippen LogP contribution in [0.4, 0.5) is 17.1 Å². The van der Waals surface area contributed by atoms with E-state index in [4.69, 9.17) is 0 Å². The second-order valence-corrected chi connectivity index (χ2v) is 8.14. The molecule has 1 aliphatic heterocycles. The first-order chi connectivity index (χ1) is 15.4. The monoisotopic (exact) mass is 438 g/mol. The molecule has 0 aromatic heterocycles. The molecule has 8 heteroatoms. The first-order valence-corrected chi connectivity index (χ1v) is 11.1. The van der Waals surface area contributed by atoms with Gasteiger partial charge >= 0.3 is 11.8 Å². The number of nitro benzene ring substituents is 1. The molecular weight excluding hydrogens is 408 g/mol. The van der Waals surface area contributed by atoms with Gasteiger partial charge in [-0.3, -0.25) is 19.7 Å². The van der Waals surface area contributed by atoms with Crippen LogP contribution in [-0.2, 0) is 16.0 Å². The summed E-state index contributed by atoms with van der Waals surface area (Å²) in [7, 11) is 0. The summed E-state index contributed by atoms with van der Waals surface area (Å²) in [5.74, 6) is -1.51. The quantitative estimate of drug-likeness (QED) is 0.295. The first-order valence-electron chi connectivity index (χ1n) is 11.1. The summed E-state index contributed by atoms with van der Waals surface area (Å²) >= 11 is 0. The van der Waals surface area contributed by atoms with Gasteiger partial charge in [0.15, 0.2) is 0 Å². The Labute approximate surface area is 188 Å². The van der Waals surface area contributed by atoms with Crippen molar-refractivity contribution in [2.24, 2.45) is 0 Å². The van der Waals surface area contributed by atoms with Crippen LogP contribution in [0.15, 0.2) is 42.5 Å². The summed E-state index contributed by atoms with van der Waals surface area (Å²) in [6, 6.07) is 12.7. The topological polar surface area (TPSA) is 105 Å². The van der Waals surface area contributed by atoms with Crippen LogP contribution in [0, 0.1) is 17.0 Å². The maximum Gasteiger partial charge on any atom is 0.313 e. The summed E-state index contributed by atoms with van der Waals surface area (Å²) in [4.78, 5) is 36.9. The van der Waals surface area contributed by atoms with E-state index in [0.29, 0.717) is 17.8 Å². The molecule has 3 rings (SSSR count). The number of nitro groups is 1. The third-order valence-corrected chi connectivity index (χ3v) is 5.71. The van der Waals surface area contributed by atoms with Crippen molar-refractivity contribution >= 4 is 28.9 Å². The van der Waals surface area contributed by atoms with Crippen molar-refractivity contribution < 1.29 is 14.5 Å². The Morgan fingerprint density at radius 2 is 1.69 bits per heavy atom. The number of hydrogen-bond donors (Lipinski definition) is 2. The minimum atomic E-state index is -0.788. The average molecular weight is 439 g/mol. The molecule has 0 unspecified atom stereocenters. The summed E-state index contributed by atoms with van der Waals surface area (Å²) < 4.78 is 0. The van der Waals surface area contributed by atoms with E-state index >= 15 is 0 Å². The summed E-state index contributed by atoms with van der Waals surface area (Å²) in [6.45, 7) is 4.26. The molecule has 170 valence electrons. The van der Waals surface area contributed by atoms with Crippen LogP contribution in [-0.4, -0.2) is 36.4 Å². The molecular formula is C24H30N4O4. The lowest BCUT2D eigenvalue weighted by atomic mass is 10.1. The van der Waals surface area contributed by atoms with Crippen molar-refractivity contribution in [3.8, 4) is 0 Å². The van der Waals surface area contributed by atoms with Crippen molar-refractivity contribution in [1.29, 1.82) is 0 Å². The molecule has 1 fully saturated rings. The molecule has 0 bridgehead atoms. The molecule has 2 amide bonds. The van der Waals surface area contributed by atoms with E-state index < -0.39 is 16.7 Å². The molecule has 2 aromatic rings. The van der Waals surface area contributed by atoms with Crippen molar-refractivity contribution in [2.45, 2.75) is 45.4 Å². The van der Waals surface area contributed by atoms with Gasteiger partial charge in [0, 0.05) is 43.1 Å². The lowest BCUT2D eigenvalue weighted by Crippen LogP contribution is -2.36. The van der Waals surface area contributed by atoms with Crippen LogP contribution in [0.2, 0.25) is 0 Å². The first kappa shape index (κ1) is 23.2. The Bertz CT molecular complexity index is 951. The largest absolute Gasteiger partial charge is 0.372 e. The number of non-ortho nitro benzene ring substituents is 1. The van der Waals surface area contributed by atoms with E-state index in [9.17, 15) is 19.7 Å². The van der Waals surface area contributed by atoms with Crippen LogP contribution in [0.3, 0.4) is 0 Å². The van der Waals surface area contributed by atoms with Crippen LogP contribution in [0.25, 0.3) is 0 Å². The Hall–Kier alpha value is -3.42. The molecule has 2 N–H and O–H groups in total. The fourth-order valence-corrected chi connectivity index (χ4v) is 3.86. The lowest BCUT2D eigenvalue weighted by molar-refractivity contribution is -0.384. The van der Waals surface area contributed by atoms with E-state index in [1.54, 1.807) is 6.92 Å². The highest BCUT2D eigenvalue weighted by molar-refractivity contribution is 6.39. The molecule has 32 heavy (non-hydrogen) atoms. The van der Waals surface area contributed by atoms with Crippen LogP contribution in [0.1, 0.15) is 43.2 Å². The SMILES string of the molecule is Cc1cc([N+](=O)[O-])ccc1NC(=O)C(=O)NCCCc1ccc(N2CCCCCC2)cc1. The van der Waals surface area contributed by atoms with Gasteiger partial charge in [0.25, 0.3) is 5.69 Å². The fourth-order valence-electron chi connectivity index (χ4n) is 3.86. The van der Waals surface area contributed by atoms with E-state index in [1.807, 2.05) is 0 Å². The fraction of sp³-hybridized carbons (Fsp3) is 0.417. The van der Waals surface area contributed by atoms with E-state index in [1.165, 1.54) is 55.1 Å². The Morgan fingerprint density at radius 1 is 1.00 bits per heavy atom. The molecule has 1 saturated heterocycles. The molecule has 0 atom stereocenters. The van der Waals surface area contributed by atoms with Crippen molar-refractivity contribution in [2.75, 3.05) is 29.9 Å². The molecule has 1 heterocycles. The zero-order valence-corrected chi connectivity index (χ0v) is 18.4. The maximum atomic E-state index is 12.1. The number of hydrogen-bond acceptors (Lipinski definition) is 5. The molecule has 0 spiro atoms. The average Bonchev–Trinajstić information content (AvgIpc) is 3.08. The van der Waals surface area contributed by atoms with Crippen molar-refractivity contribution in [3.63, 3.8) is 0 Å². The number of nitrogens with zero attached hydrogens (tertiary/aromatic N) is 2. The van der Waals surface area contributed by atoms with Gasteiger partial charge < -0.3 is 15.5 Å². The van der Waals surface area contributed by atoms with Crippen molar-refractivity contribution in [3.05, 3.63) is 63.7 Å². The Kier molecular flexibility index (Phi) is 8.19. The summed E-state index contributed by atoms with van der Waals surface area (Å²) in [6.07, 6.45) is 6.65. The van der Waals surface area contributed by atoms with Gasteiger partial charge in [-0.2, -0.15) is 0 Å². The molecule has 0 saturated carbocycles. The highest BCUT2D eigenvalue weighted by Crippen LogP contribution is 2.22. The van der Waals surface area contributed by atoms with Gasteiger partial charge in [0.1, 0.15) is 0 Å². The highest BCUT2D eigenvalue weighted by Gasteiger charge is 2.16. The smallest absolute Gasteiger partial charge is 0.313 e. The van der Waals surface area contributed by atoms with Crippen LogP contribution >= 0.6 is 0 Å². The normalized spacial score (nSPS) is 13.8. The highest BCUT2D eigenvalue weighted by atomic mass is 16.6. The Balaban J connectivity index is 1.40. The van der Waals surface area contributed by atoms with Gasteiger partial charge in [0.2, 0.25) is 0 Å². The number of amides is 2. The number of aryl methyl sites for hydroxylation is 2. The molecule has 0 aliphatic carbocycles. The lowest BCUT2D eigenvalue weighted by Gasteiger charge is -2.22. The van der Waals surface area contributed by atoms with Gasteiger partial charge in [-0.05, 0) is 61.9 Å². The minimum absolute atomic E-state index is 0.0654. The van der Waals surface area contributed by atoms with Gasteiger partial charge in [0.05, 0.1) is 4.92 Å². The van der Waals surface area contributed by atoms with E-state index in [-0.39, 0.29) is 5.69 Å². The molecule has 8 nitrogen and oxygen atoms in total. The second-order valence-electron chi connectivity index (χ2n) is 8.14.